The van der Waals surface area contributed by atoms with Gasteiger partial charge in [-0.25, -0.2) is 4.39 Å². The van der Waals surface area contributed by atoms with E-state index in [0.29, 0.717) is 17.7 Å². The van der Waals surface area contributed by atoms with Crippen LogP contribution >= 0.6 is 0 Å². The molecule has 0 bridgehead atoms. The Hall–Kier alpha value is -2.58. The molecule has 5 heteroatoms. The molecule has 21 heavy (non-hydrogen) atoms. The van der Waals surface area contributed by atoms with Gasteiger partial charge in [0.1, 0.15) is 11.6 Å². The van der Waals surface area contributed by atoms with Gasteiger partial charge in [-0.05, 0) is 30.3 Å². The summed E-state index contributed by atoms with van der Waals surface area (Å²) >= 11 is 0. The van der Waals surface area contributed by atoms with Crippen LogP contribution in [-0.2, 0) is 11.2 Å². The molecule has 2 aromatic rings. The average molecular weight is 286 g/mol. The monoisotopic (exact) mass is 286 g/mol. The SMILES string of the molecule is NCC#Cc1cc(F)ccc1NC(=O)CCc1ccco1. The van der Waals surface area contributed by atoms with Gasteiger partial charge in [0.25, 0.3) is 0 Å². The van der Waals surface area contributed by atoms with E-state index in [1.54, 1.807) is 12.3 Å². The molecule has 108 valence electrons. The van der Waals surface area contributed by atoms with Gasteiger partial charge in [0.2, 0.25) is 5.91 Å². The van der Waals surface area contributed by atoms with Crippen LogP contribution in [0.4, 0.5) is 10.1 Å². The molecule has 0 atom stereocenters. The number of hydrogen-bond donors (Lipinski definition) is 2. The minimum absolute atomic E-state index is 0.169. The molecule has 0 saturated heterocycles. The molecule has 0 aliphatic rings. The predicted molar refractivity (Wildman–Crippen MR) is 78.0 cm³/mol. The minimum atomic E-state index is -0.412. The summed E-state index contributed by atoms with van der Waals surface area (Å²) in [7, 11) is 0. The Morgan fingerprint density at radius 2 is 2.24 bits per heavy atom. The molecule has 0 unspecified atom stereocenters. The summed E-state index contributed by atoms with van der Waals surface area (Å²) in [5.41, 5.74) is 6.19. The van der Waals surface area contributed by atoms with Crippen LogP contribution in [0.25, 0.3) is 0 Å². The molecule has 4 nitrogen and oxygen atoms in total. The lowest BCUT2D eigenvalue weighted by Crippen LogP contribution is -2.13. The van der Waals surface area contributed by atoms with Crippen molar-refractivity contribution in [1.82, 2.24) is 0 Å². The van der Waals surface area contributed by atoms with Gasteiger partial charge in [0.05, 0.1) is 24.1 Å². The van der Waals surface area contributed by atoms with Crippen molar-refractivity contribution in [1.29, 1.82) is 0 Å². The average Bonchev–Trinajstić information content (AvgIpc) is 2.98. The number of anilines is 1. The molecule has 0 spiro atoms. The largest absolute Gasteiger partial charge is 0.469 e. The summed E-state index contributed by atoms with van der Waals surface area (Å²) in [5, 5.41) is 2.72. The quantitative estimate of drug-likeness (QED) is 0.847. The zero-order valence-corrected chi connectivity index (χ0v) is 11.4. The maximum atomic E-state index is 13.2. The van der Waals surface area contributed by atoms with Gasteiger partial charge in [-0.1, -0.05) is 11.8 Å². The number of amides is 1. The van der Waals surface area contributed by atoms with Crippen LogP contribution in [-0.4, -0.2) is 12.5 Å². The highest BCUT2D eigenvalue weighted by molar-refractivity contribution is 5.92. The number of nitrogens with one attached hydrogen (secondary N) is 1. The maximum Gasteiger partial charge on any atom is 0.224 e. The van der Waals surface area contributed by atoms with Gasteiger partial charge in [-0.15, -0.1) is 0 Å². The molecule has 0 aliphatic heterocycles. The second-order valence-corrected chi connectivity index (χ2v) is 4.32. The summed E-state index contributed by atoms with van der Waals surface area (Å²) < 4.78 is 18.4. The van der Waals surface area contributed by atoms with E-state index in [0.717, 1.165) is 5.76 Å². The highest BCUT2D eigenvalue weighted by atomic mass is 19.1. The third kappa shape index (κ3) is 4.48. The molecule has 1 amide bonds. The fourth-order valence-electron chi connectivity index (χ4n) is 1.78. The van der Waals surface area contributed by atoms with Gasteiger partial charge in [-0.3, -0.25) is 4.79 Å². The molecule has 1 aromatic heterocycles. The normalized spacial score (nSPS) is 9.81. The molecule has 0 radical (unpaired) electrons. The summed E-state index contributed by atoms with van der Waals surface area (Å²) in [5.74, 6) is 5.53. The van der Waals surface area contributed by atoms with Gasteiger partial charge < -0.3 is 15.5 Å². The van der Waals surface area contributed by atoms with E-state index in [2.05, 4.69) is 17.2 Å². The Bertz CT molecular complexity index is 669. The molecule has 0 fully saturated rings. The Morgan fingerprint density at radius 3 is 2.95 bits per heavy atom. The highest BCUT2D eigenvalue weighted by Crippen LogP contribution is 2.16. The topological polar surface area (TPSA) is 68.3 Å². The van der Waals surface area contributed by atoms with Gasteiger partial charge in [0, 0.05) is 12.8 Å². The summed E-state index contributed by atoms with van der Waals surface area (Å²) in [4.78, 5) is 11.9. The number of benzene rings is 1. The first-order chi connectivity index (χ1) is 10.2. The second kappa shape index (κ2) is 7.27. The number of carbonyl (C=O) groups is 1. The van der Waals surface area contributed by atoms with Crippen molar-refractivity contribution in [3.63, 3.8) is 0 Å². The molecule has 2 rings (SSSR count). The third-order valence-electron chi connectivity index (χ3n) is 2.76. The van der Waals surface area contributed by atoms with Crippen LogP contribution in [0.1, 0.15) is 17.7 Å². The van der Waals surface area contributed by atoms with Crippen molar-refractivity contribution < 1.29 is 13.6 Å². The molecular formula is C16H15FN2O2. The number of rotatable bonds is 4. The standard InChI is InChI=1S/C16H15FN2O2/c17-13-5-7-15(12(11-13)3-1-9-18)19-16(20)8-6-14-4-2-10-21-14/h2,4-5,7,10-11H,6,8-9,18H2,(H,19,20). The lowest BCUT2D eigenvalue weighted by Gasteiger charge is -2.07. The van der Waals surface area contributed by atoms with E-state index in [4.69, 9.17) is 10.2 Å². The lowest BCUT2D eigenvalue weighted by atomic mass is 10.1. The summed E-state index contributed by atoms with van der Waals surface area (Å²) in [6.45, 7) is 0.169. The Kier molecular flexibility index (Phi) is 5.13. The predicted octanol–water partition coefficient (Wildman–Crippen LogP) is 2.30. The molecular weight excluding hydrogens is 271 g/mol. The van der Waals surface area contributed by atoms with Crippen LogP contribution in [0.2, 0.25) is 0 Å². The summed E-state index contributed by atoms with van der Waals surface area (Å²) in [6, 6.07) is 7.61. The Labute approximate surface area is 122 Å². The fraction of sp³-hybridized carbons (Fsp3) is 0.188. The summed E-state index contributed by atoms with van der Waals surface area (Å²) in [6.07, 6.45) is 2.34. The Morgan fingerprint density at radius 1 is 1.38 bits per heavy atom. The number of nitrogens with two attached hydrogens (primary N) is 1. The van der Waals surface area contributed by atoms with E-state index < -0.39 is 5.82 Å². The van der Waals surface area contributed by atoms with Crippen molar-refractivity contribution in [3.05, 3.63) is 53.7 Å². The second-order valence-electron chi connectivity index (χ2n) is 4.32. The number of hydrogen-bond acceptors (Lipinski definition) is 3. The molecule has 3 N–H and O–H groups in total. The van der Waals surface area contributed by atoms with Crippen molar-refractivity contribution in [2.75, 3.05) is 11.9 Å². The third-order valence-corrected chi connectivity index (χ3v) is 2.76. The molecule has 0 saturated carbocycles. The van der Waals surface area contributed by atoms with Gasteiger partial charge >= 0.3 is 0 Å². The number of halogens is 1. The number of carbonyl (C=O) groups excluding carboxylic acids is 1. The number of furan rings is 1. The van der Waals surface area contributed by atoms with Crippen molar-refractivity contribution in [2.24, 2.45) is 5.73 Å². The van der Waals surface area contributed by atoms with Crippen molar-refractivity contribution >= 4 is 11.6 Å². The van der Waals surface area contributed by atoms with E-state index in [-0.39, 0.29) is 18.9 Å². The van der Waals surface area contributed by atoms with Crippen LogP contribution in [0, 0.1) is 17.7 Å². The number of aryl methyl sites for hydroxylation is 1. The molecule has 1 heterocycles. The first-order valence-corrected chi connectivity index (χ1v) is 6.50. The van der Waals surface area contributed by atoms with E-state index in [1.807, 2.05) is 6.07 Å². The maximum absolute atomic E-state index is 13.2. The van der Waals surface area contributed by atoms with Crippen LogP contribution in [0.5, 0.6) is 0 Å². The zero-order valence-electron chi connectivity index (χ0n) is 11.4. The lowest BCUT2D eigenvalue weighted by molar-refractivity contribution is -0.116. The molecule has 0 aliphatic carbocycles. The minimum Gasteiger partial charge on any atom is -0.469 e. The fourth-order valence-corrected chi connectivity index (χ4v) is 1.78. The van der Waals surface area contributed by atoms with Crippen LogP contribution < -0.4 is 11.1 Å². The van der Waals surface area contributed by atoms with E-state index in [1.165, 1.54) is 18.2 Å². The van der Waals surface area contributed by atoms with E-state index >= 15 is 0 Å². The Balaban J connectivity index is 2.02. The zero-order chi connectivity index (χ0) is 15.1. The van der Waals surface area contributed by atoms with Crippen LogP contribution in [0.15, 0.2) is 41.0 Å². The van der Waals surface area contributed by atoms with Gasteiger partial charge in [-0.2, -0.15) is 0 Å². The van der Waals surface area contributed by atoms with Crippen LogP contribution in [0.3, 0.4) is 0 Å². The van der Waals surface area contributed by atoms with E-state index in [9.17, 15) is 9.18 Å². The van der Waals surface area contributed by atoms with Crippen molar-refractivity contribution in [2.45, 2.75) is 12.8 Å². The highest BCUT2D eigenvalue weighted by Gasteiger charge is 2.08. The van der Waals surface area contributed by atoms with Crippen molar-refractivity contribution in [3.8, 4) is 11.8 Å². The molecule has 1 aromatic carbocycles. The smallest absolute Gasteiger partial charge is 0.224 e. The van der Waals surface area contributed by atoms with Gasteiger partial charge in [0.15, 0.2) is 0 Å². The first-order valence-electron chi connectivity index (χ1n) is 6.50. The first kappa shape index (κ1) is 14.8.